The Bertz CT molecular complexity index is 1280. The van der Waals surface area contributed by atoms with Crippen molar-refractivity contribution in [2.75, 3.05) is 11.5 Å². The predicted octanol–water partition coefficient (Wildman–Crippen LogP) is 1.13. The first-order valence-electron chi connectivity index (χ1n) is 10.4. The van der Waals surface area contributed by atoms with Gasteiger partial charge in [-0.15, -0.1) is 0 Å². The quantitative estimate of drug-likeness (QED) is 0.259. The van der Waals surface area contributed by atoms with Gasteiger partial charge in [-0.05, 0) is 41.8 Å². The van der Waals surface area contributed by atoms with Crippen LogP contribution in [0.25, 0.3) is 10.9 Å². The minimum atomic E-state index is -1.33. The SMILES string of the molecule is Nc1nc(N)c2cc(COC(=O)Cc3ccc(C(=O)N[C@@H](CCC(=O)O)C(=O)O)cc3)ccc2n1. The number of rotatable bonds is 10. The number of benzene rings is 2. The fourth-order valence-corrected chi connectivity index (χ4v) is 3.23. The van der Waals surface area contributed by atoms with Gasteiger partial charge in [-0.3, -0.25) is 14.4 Å². The highest BCUT2D eigenvalue weighted by molar-refractivity contribution is 5.96. The van der Waals surface area contributed by atoms with Gasteiger partial charge in [-0.2, -0.15) is 4.98 Å². The summed E-state index contributed by atoms with van der Waals surface area (Å²) in [5.41, 5.74) is 13.5. The van der Waals surface area contributed by atoms with E-state index in [4.69, 9.17) is 26.4 Å². The van der Waals surface area contributed by atoms with Crippen LogP contribution in [-0.4, -0.2) is 50.0 Å². The Morgan fingerprint density at radius 2 is 1.66 bits per heavy atom. The molecular formula is C23H23N5O7. The van der Waals surface area contributed by atoms with Crippen LogP contribution in [0.5, 0.6) is 0 Å². The lowest BCUT2D eigenvalue weighted by Crippen LogP contribution is -2.41. The van der Waals surface area contributed by atoms with Gasteiger partial charge in [0.1, 0.15) is 18.5 Å². The van der Waals surface area contributed by atoms with Gasteiger partial charge >= 0.3 is 17.9 Å². The number of esters is 1. The molecule has 7 N–H and O–H groups in total. The van der Waals surface area contributed by atoms with Gasteiger partial charge in [0, 0.05) is 17.4 Å². The van der Waals surface area contributed by atoms with E-state index in [0.29, 0.717) is 22.0 Å². The minimum absolute atomic E-state index is 0.00595. The lowest BCUT2D eigenvalue weighted by atomic mass is 10.1. The summed E-state index contributed by atoms with van der Waals surface area (Å²) >= 11 is 0. The molecule has 0 radical (unpaired) electrons. The van der Waals surface area contributed by atoms with Crippen LogP contribution in [-0.2, 0) is 32.1 Å². The average molecular weight is 481 g/mol. The third kappa shape index (κ3) is 6.87. The van der Waals surface area contributed by atoms with Crippen molar-refractivity contribution in [2.24, 2.45) is 0 Å². The van der Waals surface area contributed by atoms with E-state index in [0.717, 1.165) is 0 Å². The first kappa shape index (κ1) is 24.9. The number of carbonyl (C=O) groups is 4. The molecule has 1 atom stereocenters. The molecule has 0 bridgehead atoms. The molecule has 1 amide bonds. The second-order valence-electron chi connectivity index (χ2n) is 7.65. The highest BCUT2D eigenvalue weighted by atomic mass is 16.5. The predicted molar refractivity (Wildman–Crippen MR) is 124 cm³/mol. The van der Waals surface area contributed by atoms with E-state index in [1.54, 1.807) is 30.3 Å². The fourth-order valence-electron chi connectivity index (χ4n) is 3.23. The number of carboxylic acid groups (broad SMARTS) is 2. The van der Waals surface area contributed by atoms with Gasteiger partial charge in [0.05, 0.1) is 11.9 Å². The number of nitrogens with two attached hydrogens (primary N) is 2. The van der Waals surface area contributed by atoms with Crippen LogP contribution < -0.4 is 16.8 Å². The zero-order valence-electron chi connectivity index (χ0n) is 18.4. The second kappa shape index (κ2) is 10.9. The summed E-state index contributed by atoms with van der Waals surface area (Å²) in [6.45, 7) is 0.00595. The Morgan fingerprint density at radius 3 is 2.31 bits per heavy atom. The van der Waals surface area contributed by atoms with Crippen LogP contribution >= 0.6 is 0 Å². The maximum atomic E-state index is 12.3. The Balaban J connectivity index is 1.55. The molecule has 2 aromatic carbocycles. The van der Waals surface area contributed by atoms with Crippen LogP contribution in [0.2, 0.25) is 0 Å². The molecule has 12 heteroatoms. The van der Waals surface area contributed by atoms with E-state index < -0.39 is 36.3 Å². The molecule has 12 nitrogen and oxygen atoms in total. The van der Waals surface area contributed by atoms with Crippen LogP contribution in [0.1, 0.15) is 34.3 Å². The van der Waals surface area contributed by atoms with Crippen LogP contribution in [0.4, 0.5) is 11.8 Å². The van der Waals surface area contributed by atoms with Crippen LogP contribution in [0, 0.1) is 0 Å². The molecule has 3 aromatic rings. The Morgan fingerprint density at radius 1 is 0.971 bits per heavy atom. The van der Waals surface area contributed by atoms with E-state index in [-0.39, 0.29) is 36.8 Å². The molecule has 0 unspecified atom stereocenters. The van der Waals surface area contributed by atoms with E-state index in [1.165, 1.54) is 12.1 Å². The number of hydrogen-bond acceptors (Lipinski definition) is 9. The van der Waals surface area contributed by atoms with Gasteiger partial charge in [0.15, 0.2) is 0 Å². The second-order valence-corrected chi connectivity index (χ2v) is 7.65. The molecule has 0 saturated carbocycles. The van der Waals surface area contributed by atoms with Gasteiger partial charge in [-0.25, -0.2) is 9.78 Å². The standard InChI is InChI=1S/C23H23N5O7/c24-20-15-9-13(3-6-16(15)27-23(25)28-20)11-35-19(31)10-12-1-4-14(5-2-12)21(32)26-17(22(33)34)7-8-18(29)30/h1-6,9,17H,7-8,10-11H2,(H,26,32)(H,29,30)(H,33,34)(H4,24,25,27,28)/t17-/m0/s1. The highest BCUT2D eigenvalue weighted by Crippen LogP contribution is 2.20. The number of carboxylic acids is 2. The minimum Gasteiger partial charge on any atom is -0.481 e. The number of hydrogen-bond donors (Lipinski definition) is 5. The van der Waals surface area contributed by atoms with Crippen molar-refractivity contribution in [3.63, 3.8) is 0 Å². The highest BCUT2D eigenvalue weighted by Gasteiger charge is 2.21. The molecule has 0 spiro atoms. The van der Waals surface area contributed by atoms with Crippen LogP contribution in [0.3, 0.4) is 0 Å². The molecule has 0 aliphatic heterocycles. The lowest BCUT2D eigenvalue weighted by Gasteiger charge is -2.13. The molecule has 35 heavy (non-hydrogen) atoms. The van der Waals surface area contributed by atoms with Crippen molar-refractivity contribution in [3.8, 4) is 0 Å². The molecular weight excluding hydrogens is 458 g/mol. The van der Waals surface area contributed by atoms with Crippen molar-refractivity contribution in [1.82, 2.24) is 15.3 Å². The number of nitrogens with zero attached hydrogens (tertiary/aromatic N) is 2. The summed E-state index contributed by atoms with van der Waals surface area (Å²) in [5.74, 6) is -3.36. The van der Waals surface area contributed by atoms with E-state index in [9.17, 15) is 19.2 Å². The van der Waals surface area contributed by atoms with Crippen LogP contribution in [0.15, 0.2) is 42.5 Å². The first-order valence-corrected chi connectivity index (χ1v) is 10.4. The molecule has 1 heterocycles. The lowest BCUT2D eigenvalue weighted by molar-refractivity contribution is -0.144. The summed E-state index contributed by atoms with van der Waals surface area (Å²) < 4.78 is 5.31. The summed E-state index contributed by atoms with van der Waals surface area (Å²) in [5, 5.41) is 20.7. The van der Waals surface area contributed by atoms with Crippen molar-refractivity contribution in [1.29, 1.82) is 0 Å². The number of ether oxygens (including phenoxy) is 1. The topological polar surface area (TPSA) is 208 Å². The van der Waals surface area contributed by atoms with E-state index in [1.807, 2.05) is 0 Å². The Hall–Kier alpha value is -4.74. The summed E-state index contributed by atoms with van der Waals surface area (Å²) in [4.78, 5) is 54.4. The maximum absolute atomic E-state index is 12.3. The zero-order chi connectivity index (χ0) is 25.5. The molecule has 0 aliphatic carbocycles. The average Bonchev–Trinajstić information content (AvgIpc) is 2.80. The van der Waals surface area contributed by atoms with Crippen molar-refractivity contribution in [3.05, 3.63) is 59.2 Å². The number of nitrogens with one attached hydrogen (secondary N) is 1. The number of carbonyl (C=O) groups excluding carboxylic acids is 2. The number of anilines is 2. The Kier molecular flexibility index (Phi) is 7.77. The first-order chi connectivity index (χ1) is 16.6. The monoisotopic (exact) mass is 481 g/mol. The van der Waals surface area contributed by atoms with Gasteiger partial charge in [-0.1, -0.05) is 18.2 Å². The molecule has 0 saturated heterocycles. The van der Waals surface area contributed by atoms with Crippen molar-refractivity contribution in [2.45, 2.75) is 31.9 Å². The number of aliphatic carboxylic acids is 2. The van der Waals surface area contributed by atoms with E-state index in [2.05, 4.69) is 15.3 Å². The fraction of sp³-hybridized carbons (Fsp3) is 0.217. The third-order valence-corrected chi connectivity index (χ3v) is 5.02. The largest absolute Gasteiger partial charge is 0.481 e. The van der Waals surface area contributed by atoms with Gasteiger partial charge in [0.25, 0.3) is 5.91 Å². The summed E-state index contributed by atoms with van der Waals surface area (Å²) in [6, 6.07) is 9.78. The van der Waals surface area contributed by atoms with Gasteiger partial charge in [0.2, 0.25) is 5.95 Å². The number of nitrogen functional groups attached to an aromatic ring is 2. The Labute approximate surface area is 198 Å². The van der Waals surface area contributed by atoms with Crippen molar-refractivity contribution >= 4 is 46.5 Å². The molecule has 182 valence electrons. The number of aromatic nitrogens is 2. The summed E-state index contributed by atoms with van der Waals surface area (Å²) in [7, 11) is 0. The van der Waals surface area contributed by atoms with Crippen molar-refractivity contribution < 1.29 is 34.1 Å². The number of amides is 1. The third-order valence-electron chi connectivity index (χ3n) is 5.02. The van der Waals surface area contributed by atoms with E-state index >= 15 is 0 Å². The molecule has 0 aliphatic rings. The smallest absolute Gasteiger partial charge is 0.326 e. The molecule has 3 rings (SSSR count). The maximum Gasteiger partial charge on any atom is 0.326 e. The number of fused-ring (bicyclic) bond motifs is 1. The molecule has 0 fully saturated rings. The van der Waals surface area contributed by atoms with Gasteiger partial charge < -0.3 is 31.7 Å². The molecule has 1 aromatic heterocycles. The normalized spacial score (nSPS) is 11.5. The zero-order valence-corrected chi connectivity index (χ0v) is 18.4. The summed E-state index contributed by atoms with van der Waals surface area (Å²) in [6.07, 6.45) is -0.688.